The highest BCUT2D eigenvalue weighted by Gasteiger charge is 2.29. The lowest BCUT2D eigenvalue weighted by Gasteiger charge is -2.26. The maximum Gasteiger partial charge on any atom is 0.246 e. The van der Waals surface area contributed by atoms with Gasteiger partial charge < -0.3 is 15.4 Å². The van der Waals surface area contributed by atoms with Crippen molar-refractivity contribution in [3.05, 3.63) is 18.2 Å². The van der Waals surface area contributed by atoms with E-state index in [0.29, 0.717) is 25.2 Å². The van der Waals surface area contributed by atoms with Gasteiger partial charge in [0.1, 0.15) is 10.6 Å². The molecular formula is C19H29N3O5S. The molecule has 1 aliphatic rings. The molecule has 0 spiro atoms. The Morgan fingerprint density at radius 3 is 2.50 bits per heavy atom. The molecular weight excluding hydrogens is 382 g/mol. The van der Waals surface area contributed by atoms with E-state index in [2.05, 4.69) is 10.6 Å². The zero-order valence-electron chi connectivity index (χ0n) is 16.7. The molecule has 28 heavy (non-hydrogen) atoms. The van der Waals surface area contributed by atoms with Crippen molar-refractivity contribution in [1.82, 2.24) is 9.62 Å². The zero-order valence-corrected chi connectivity index (χ0v) is 17.5. The molecule has 8 nitrogen and oxygen atoms in total. The molecule has 1 aliphatic heterocycles. The predicted octanol–water partition coefficient (Wildman–Crippen LogP) is 1.97. The van der Waals surface area contributed by atoms with Crippen LogP contribution in [0.4, 0.5) is 5.69 Å². The molecule has 1 aromatic carbocycles. The summed E-state index contributed by atoms with van der Waals surface area (Å²) in [5.74, 6) is -0.562. The van der Waals surface area contributed by atoms with Crippen molar-refractivity contribution in [2.24, 2.45) is 5.92 Å². The Morgan fingerprint density at radius 2 is 1.89 bits per heavy atom. The highest BCUT2D eigenvalue weighted by Crippen LogP contribution is 2.31. The fraction of sp³-hybridized carbons (Fsp3) is 0.579. The second-order valence-electron chi connectivity index (χ2n) is 6.91. The molecule has 0 radical (unpaired) electrons. The minimum Gasteiger partial charge on any atom is -0.495 e. The van der Waals surface area contributed by atoms with E-state index in [4.69, 9.17) is 4.74 Å². The van der Waals surface area contributed by atoms with E-state index in [0.717, 1.165) is 19.3 Å². The van der Waals surface area contributed by atoms with E-state index < -0.39 is 15.9 Å². The van der Waals surface area contributed by atoms with Crippen LogP contribution in [0.5, 0.6) is 5.75 Å². The Labute approximate surface area is 166 Å². The Kier molecular flexibility index (Phi) is 7.82. The van der Waals surface area contributed by atoms with Gasteiger partial charge in [-0.25, -0.2) is 8.42 Å². The standard InChI is InChI=1S/C19H29N3O5S/c1-4-14(2)19(24)20-13-18(23)21-15-8-9-16(27-3)17(12-15)28(25,26)22-10-6-5-7-11-22/h8-9,12,14H,4-7,10-11,13H2,1-3H3,(H,20,24)(H,21,23). The van der Waals surface area contributed by atoms with Gasteiger partial charge in [-0.2, -0.15) is 4.31 Å². The molecule has 1 fully saturated rings. The maximum atomic E-state index is 13.0. The summed E-state index contributed by atoms with van der Waals surface area (Å²) in [4.78, 5) is 23.9. The molecule has 0 saturated carbocycles. The molecule has 2 rings (SSSR count). The summed E-state index contributed by atoms with van der Waals surface area (Å²) in [5, 5.41) is 5.20. The number of sulfonamides is 1. The monoisotopic (exact) mass is 411 g/mol. The number of methoxy groups -OCH3 is 1. The van der Waals surface area contributed by atoms with Crippen LogP contribution < -0.4 is 15.4 Å². The molecule has 2 amide bonds. The number of hydrogen-bond acceptors (Lipinski definition) is 5. The molecule has 0 bridgehead atoms. The Bertz CT molecular complexity index is 804. The molecule has 0 aliphatic carbocycles. The summed E-state index contributed by atoms with van der Waals surface area (Å²) in [6.45, 7) is 4.46. The number of piperidine rings is 1. The van der Waals surface area contributed by atoms with Gasteiger partial charge in [0.05, 0.1) is 13.7 Å². The normalized spacial score (nSPS) is 16.2. The Balaban J connectivity index is 2.13. The molecule has 9 heteroatoms. The summed E-state index contributed by atoms with van der Waals surface area (Å²) in [5.41, 5.74) is 0.333. The van der Waals surface area contributed by atoms with Gasteiger partial charge in [-0.15, -0.1) is 0 Å². The first kappa shape index (κ1) is 22.2. The third kappa shape index (κ3) is 5.45. The Hall–Kier alpha value is -2.13. The van der Waals surface area contributed by atoms with E-state index in [1.54, 1.807) is 13.0 Å². The molecule has 1 saturated heterocycles. The van der Waals surface area contributed by atoms with Crippen LogP contribution in [-0.4, -0.2) is 51.3 Å². The van der Waals surface area contributed by atoms with Crippen molar-refractivity contribution < 1.29 is 22.7 Å². The average Bonchev–Trinajstić information content (AvgIpc) is 2.71. The van der Waals surface area contributed by atoms with Crippen LogP contribution in [0.2, 0.25) is 0 Å². The number of rotatable bonds is 8. The van der Waals surface area contributed by atoms with Crippen LogP contribution in [0, 0.1) is 5.92 Å². The third-order valence-electron chi connectivity index (χ3n) is 4.86. The van der Waals surface area contributed by atoms with Crippen LogP contribution in [-0.2, 0) is 19.6 Å². The molecule has 1 aromatic rings. The zero-order chi connectivity index (χ0) is 20.7. The fourth-order valence-electron chi connectivity index (χ4n) is 2.93. The first-order chi connectivity index (χ1) is 13.3. The quantitative estimate of drug-likeness (QED) is 0.680. The number of amides is 2. The number of ether oxygens (including phenoxy) is 1. The topological polar surface area (TPSA) is 105 Å². The van der Waals surface area contributed by atoms with Crippen molar-refractivity contribution >= 4 is 27.5 Å². The van der Waals surface area contributed by atoms with Gasteiger partial charge in [0, 0.05) is 24.7 Å². The minimum atomic E-state index is -3.72. The van der Waals surface area contributed by atoms with Gasteiger partial charge in [0.15, 0.2) is 0 Å². The van der Waals surface area contributed by atoms with Crippen molar-refractivity contribution in [2.75, 3.05) is 32.1 Å². The lowest BCUT2D eigenvalue weighted by Crippen LogP contribution is -2.36. The van der Waals surface area contributed by atoms with E-state index >= 15 is 0 Å². The summed E-state index contributed by atoms with van der Waals surface area (Å²) in [6, 6.07) is 4.49. The van der Waals surface area contributed by atoms with Crippen LogP contribution in [0.3, 0.4) is 0 Å². The number of carbonyl (C=O) groups excluding carboxylic acids is 2. The number of hydrogen-bond donors (Lipinski definition) is 2. The van der Waals surface area contributed by atoms with Crippen molar-refractivity contribution in [3.63, 3.8) is 0 Å². The van der Waals surface area contributed by atoms with Gasteiger partial charge >= 0.3 is 0 Å². The van der Waals surface area contributed by atoms with Gasteiger partial charge in [-0.3, -0.25) is 9.59 Å². The molecule has 156 valence electrons. The van der Waals surface area contributed by atoms with E-state index in [1.165, 1.54) is 23.5 Å². The first-order valence-electron chi connectivity index (χ1n) is 9.55. The molecule has 2 N–H and O–H groups in total. The largest absolute Gasteiger partial charge is 0.495 e. The van der Waals surface area contributed by atoms with Crippen molar-refractivity contribution in [3.8, 4) is 5.75 Å². The van der Waals surface area contributed by atoms with Crippen LogP contribution >= 0.6 is 0 Å². The summed E-state index contributed by atoms with van der Waals surface area (Å²) >= 11 is 0. The smallest absolute Gasteiger partial charge is 0.246 e. The number of anilines is 1. The highest BCUT2D eigenvalue weighted by atomic mass is 32.2. The maximum absolute atomic E-state index is 13.0. The van der Waals surface area contributed by atoms with Crippen molar-refractivity contribution in [1.29, 1.82) is 0 Å². The number of carbonyl (C=O) groups is 2. The van der Waals surface area contributed by atoms with Crippen LogP contribution in [0.1, 0.15) is 39.5 Å². The SMILES string of the molecule is CCC(C)C(=O)NCC(=O)Nc1ccc(OC)c(S(=O)(=O)N2CCCCC2)c1. The van der Waals surface area contributed by atoms with Crippen LogP contribution in [0.15, 0.2) is 23.1 Å². The van der Waals surface area contributed by atoms with Crippen molar-refractivity contribution in [2.45, 2.75) is 44.4 Å². The van der Waals surface area contributed by atoms with Crippen LogP contribution in [0.25, 0.3) is 0 Å². The summed E-state index contributed by atoms with van der Waals surface area (Å²) in [6.07, 6.45) is 3.35. The molecule has 0 aromatic heterocycles. The van der Waals surface area contributed by atoms with E-state index in [9.17, 15) is 18.0 Å². The summed E-state index contributed by atoms with van der Waals surface area (Å²) in [7, 11) is -2.31. The lowest BCUT2D eigenvalue weighted by atomic mass is 10.1. The minimum absolute atomic E-state index is 0.0262. The second-order valence-corrected chi connectivity index (χ2v) is 8.81. The van der Waals surface area contributed by atoms with E-state index in [-0.39, 0.29) is 29.0 Å². The second kappa shape index (κ2) is 9.88. The van der Waals surface area contributed by atoms with Gasteiger partial charge in [0.2, 0.25) is 21.8 Å². The molecule has 1 unspecified atom stereocenters. The highest BCUT2D eigenvalue weighted by molar-refractivity contribution is 7.89. The van der Waals surface area contributed by atoms with Gasteiger partial charge in [-0.1, -0.05) is 20.3 Å². The predicted molar refractivity (Wildman–Crippen MR) is 107 cm³/mol. The van der Waals surface area contributed by atoms with Gasteiger partial charge in [0.25, 0.3) is 0 Å². The number of nitrogens with one attached hydrogen (secondary N) is 2. The Morgan fingerprint density at radius 1 is 1.21 bits per heavy atom. The lowest BCUT2D eigenvalue weighted by molar-refractivity contribution is -0.126. The van der Waals surface area contributed by atoms with Gasteiger partial charge in [-0.05, 0) is 37.5 Å². The first-order valence-corrected chi connectivity index (χ1v) is 11.0. The fourth-order valence-corrected chi connectivity index (χ4v) is 4.63. The average molecular weight is 412 g/mol. The van der Waals surface area contributed by atoms with E-state index in [1.807, 2.05) is 6.92 Å². The number of benzene rings is 1. The summed E-state index contributed by atoms with van der Waals surface area (Å²) < 4.78 is 32.7. The molecule has 1 atom stereocenters. The third-order valence-corrected chi connectivity index (χ3v) is 6.78. The number of nitrogens with zero attached hydrogens (tertiary/aromatic N) is 1. The molecule has 1 heterocycles.